The summed E-state index contributed by atoms with van der Waals surface area (Å²) in [5.41, 5.74) is 0.274. The molecule has 2 aromatic carbocycles. The average Bonchev–Trinajstić information content (AvgIpc) is 2.99. The van der Waals surface area contributed by atoms with Crippen LogP contribution in [0.5, 0.6) is 0 Å². The fraction of sp³-hybridized carbons (Fsp3) is 0.238. The number of nitro benzene ring substituents is 1. The molecule has 3 aromatic rings. The molecule has 0 radical (unpaired) electrons. The van der Waals surface area contributed by atoms with E-state index in [1.54, 1.807) is 57.2 Å². The number of benzene rings is 2. The molecule has 0 spiro atoms. The zero-order valence-corrected chi connectivity index (χ0v) is 16.2. The Labute approximate surface area is 166 Å². The topological polar surface area (TPSA) is 112 Å². The van der Waals surface area contributed by atoms with Crippen LogP contribution in [0.4, 0.5) is 10.5 Å². The number of rotatable bonds is 4. The summed E-state index contributed by atoms with van der Waals surface area (Å²) < 4.78 is 6.67. The van der Waals surface area contributed by atoms with Crippen molar-refractivity contribution in [2.75, 3.05) is 0 Å². The molecule has 1 heterocycles. The monoisotopic (exact) mass is 396 g/mol. The molecule has 0 aliphatic carbocycles. The van der Waals surface area contributed by atoms with Crippen LogP contribution in [-0.2, 0) is 16.0 Å². The van der Waals surface area contributed by atoms with Crippen LogP contribution in [0.3, 0.4) is 0 Å². The number of fused-ring (bicyclic) bond motifs is 1. The molecule has 0 unspecified atom stereocenters. The molecule has 0 atom stereocenters. The molecule has 8 nitrogen and oxygen atoms in total. The van der Waals surface area contributed by atoms with Crippen LogP contribution in [0.15, 0.2) is 48.5 Å². The van der Waals surface area contributed by atoms with Gasteiger partial charge in [-0.05, 0) is 44.0 Å². The van der Waals surface area contributed by atoms with E-state index in [-0.39, 0.29) is 23.2 Å². The van der Waals surface area contributed by atoms with Gasteiger partial charge in [0.15, 0.2) is 0 Å². The summed E-state index contributed by atoms with van der Waals surface area (Å²) >= 11 is 0. The molecule has 0 fully saturated rings. The third kappa shape index (κ3) is 4.26. The predicted molar refractivity (Wildman–Crippen MR) is 107 cm³/mol. The van der Waals surface area contributed by atoms with Crippen LogP contribution in [0.2, 0.25) is 0 Å². The second-order valence-corrected chi connectivity index (χ2v) is 7.59. The number of carbonyl (C=O) groups is 2. The average molecular weight is 396 g/mol. The highest BCUT2D eigenvalue weighted by molar-refractivity contribution is 6.01. The van der Waals surface area contributed by atoms with E-state index in [2.05, 4.69) is 0 Å². The fourth-order valence-corrected chi connectivity index (χ4v) is 3.12. The lowest BCUT2D eigenvalue weighted by molar-refractivity contribution is -0.383. The molecule has 3 rings (SSSR count). The summed E-state index contributed by atoms with van der Waals surface area (Å²) in [4.78, 5) is 35.2. The van der Waals surface area contributed by atoms with Crippen LogP contribution >= 0.6 is 0 Å². The van der Waals surface area contributed by atoms with Crippen molar-refractivity contribution >= 4 is 28.7 Å². The number of carbonyl (C=O) groups excluding carboxylic acids is 1. The van der Waals surface area contributed by atoms with E-state index < -0.39 is 22.6 Å². The third-order valence-corrected chi connectivity index (χ3v) is 4.13. The molecule has 1 N–H and O–H groups in total. The summed E-state index contributed by atoms with van der Waals surface area (Å²) in [5, 5.41) is 21.2. The van der Waals surface area contributed by atoms with Gasteiger partial charge in [0, 0.05) is 11.5 Å². The Balaban J connectivity index is 2.35. The van der Waals surface area contributed by atoms with Crippen molar-refractivity contribution in [2.24, 2.45) is 0 Å². The lowest BCUT2D eigenvalue weighted by Gasteiger charge is -2.21. The molecule has 8 heteroatoms. The van der Waals surface area contributed by atoms with Gasteiger partial charge in [0.25, 0.3) is 5.69 Å². The predicted octanol–water partition coefficient (Wildman–Crippen LogP) is 4.63. The zero-order valence-electron chi connectivity index (χ0n) is 16.2. The van der Waals surface area contributed by atoms with E-state index in [0.717, 1.165) is 0 Å². The molecular weight excluding hydrogens is 376 g/mol. The van der Waals surface area contributed by atoms with Crippen LogP contribution in [0.25, 0.3) is 22.2 Å². The molecule has 1 aromatic heterocycles. The van der Waals surface area contributed by atoms with E-state index in [1.807, 2.05) is 6.07 Å². The first kappa shape index (κ1) is 20.1. The van der Waals surface area contributed by atoms with Gasteiger partial charge in [0.1, 0.15) is 11.1 Å². The van der Waals surface area contributed by atoms with Crippen LogP contribution in [0, 0.1) is 10.1 Å². The Hall–Kier alpha value is -3.68. The molecule has 0 saturated carbocycles. The number of hydrogen-bond donors (Lipinski definition) is 1. The number of aliphatic carboxylic acids is 1. The van der Waals surface area contributed by atoms with Gasteiger partial charge < -0.3 is 9.84 Å². The number of carboxylic acid groups (broad SMARTS) is 1. The third-order valence-electron chi connectivity index (χ3n) is 4.13. The normalized spacial score (nSPS) is 11.4. The Morgan fingerprint density at radius 1 is 1.14 bits per heavy atom. The number of aromatic nitrogens is 1. The van der Waals surface area contributed by atoms with Gasteiger partial charge in [0.2, 0.25) is 0 Å². The highest BCUT2D eigenvalue weighted by Gasteiger charge is 2.28. The Kier molecular flexibility index (Phi) is 5.11. The SMILES string of the molecule is CC(C)(C)OC(=O)n1c(-c2ccccc2)cc2cc(CC(=O)O)cc([N+](=O)[O-])c21. The summed E-state index contributed by atoms with van der Waals surface area (Å²) in [6, 6.07) is 13.3. The highest BCUT2D eigenvalue weighted by atomic mass is 16.6. The summed E-state index contributed by atoms with van der Waals surface area (Å²) in [6.07, 6.45) is -1.12. The number of nitrogens with zero attached hydrogens (tertiary/aromatic N) is 2. The lowest BCUT2D eigenvalue weighted by atomic mass is 10.1. The van der Waals surface area contributed by atoms with Crippen molar-refractivity contribution in [1.82, 2.24) is 4.57 Å². The van der Waals surface area contributed by atoms with Gasteiger partial charge >= 0.3 is 12.1 Å². The first-order chi connectivity index (χ1) is 13.6. The van der Waals surface area contributed by atoms with E-state index in [0.29, 0.717) is 16.6 Å². The second kappa shape index (κ2) is 7.38. The molecular formula is C21H20N2O6. The Morgan fingerprint density at radius 2 is 1.79 bits per heavy atom. The van der Waals surface area contributed by atoms with Gasteiger partial charge in [-0.2, -0.15) is 0 Å². The van der Waals surface area contributed by atoms with Crippen molar-refractivity contribution in [3.63, 3.8) is 0 Å². The van der Waals surface area contributed by atoms with Gasteiger partial charge in [0.05, 0.1) is 17.0 Å². The van der Waals surface area contributed by atoms with Gasteiger partial charge in [-0.25, -0.2) is 9.36 Å². The number of hydrogen-bond acceptors (Lipinski definition) is 5. The van der Waals surface area contributed by atoms with Crippen molar-refractivity contribution in [1.29, 1.82) is 0 Å². The first-order valence-electron chi connectivity index (χ1n) is 8.90. The standard InChI is InChI=1S/C21H20N2O6/c1-21(2,3)29-20(26)22-16(14-7-5-4-6-8-14)12-15-9-13(11-18(24)25)10-17(19(15)22)23(27)28/h4-10,12H,11H2,1-3H3,(H,24,25). The van der Waals surface area contributed by atoms with Crippen LogP contribution < -0.4 is 0 Å². The van der Waals surface area contributed by atoms with Crippen LogP contribution in [-0.4, -0.2) is 32.3 Å². The Bertz CT molecular complexity index is 1110. The molecule has 29 heavy (non-hydrogen) atoms. The minimum atomic E-state index is -1.10. The van der Waals surface area contributed by atoms with E-state index >= 15 is 0 Å². The second-order valence-electron chi connectivity index (χ2n) is 7.59. The van der Waals surface area contributed by atoms with E-state index in [4.69, 9.17) is 9.84 Å². The number of non-ortho nitro benzene ring substituents is 1. The van der Waals surface area contributed by atoms with E-state index in [9.17, 15) is 19.7 Å². The number of carboxylic acids is 1. The number of nitro groups is 1. The quantitative estimate of drug-likeness (QED) is 0.508. The van der Waals surface area contributed by atoms with E-state index in [1.165, 1.54) is 10.6 Å². The van der Waals surface area contributed by atoms with Gasteiger partial charge in [-0.15, -0.1) is 0 Å². The maximum absolute atomic E-state index is 13.0. The largest absolute Gasteiger partial charge is 0.481 e. The van der Waals surface area contributed by atoms with Crippen molar-refractivity contribution in [3.8, 4) is 11.3 Å². The Morgan fingerprint density at radius 3 is 2.34 bits per heavy atom. The minimum Gasteiger partial charge on any atom is -0.481 e. The summed E-state index contributed by atoms with van der Waals surface area (Å²) in [6.45, 7) is 5.12. The number of ether oxygens (including phenoxy) is 1. The van der Waals surface area contributed by atoms with Crippen molar-refractivity contribution in [3.05, 3.63) is 64.2 Å². The van der Waals surface area contributed by atoms with Gasteiger partial charge in [-0.3, -0.25) is 14.9 Å². The lowest BCUT2D eigenvalue weighted by Crippen LogP contribution is -2.27. The van der Waals surface area contributed by atoms with Crippen molar-refractivity contribution in [2.45, 2.75) is 32.8 Å². The molecule has 0 aliphatic rings. The first-order valence-corrected chi connectivity index (χ1v) is 8.90. The summed E-state index contributed by atoms with van der Waals surface area (Å²) in [5.74, 6) is -1.10. The molecule has 0 bridgehead atoms. The molecule has 0 aliphatic heterocycles. The van der Waals surface area contributed by atoms with Crippen molar-refractivity contribution < 1.29 is 24.4 Å². The fourth-order valence-electron chi connectivity index (χ4n) is 3.12. The van der Waals surface area contributed by atoms with Gasteiger partial charge in [-0.1, -0.05) is 30.3 Å². The molecule has 150 valence electrons. The maximum atomic E-state index is 13.0. The molecule has 0 amide bonds. The summed E-state index contributed by atoms with van der Waals surface area (Å²) in [7, 11) is 0. The zero-order chi connectivity index (χ0) is 21.3. The highest BCUT2D eigenvalue weighted by Crippen LogP contribution is 2.35. The smallest absolute Gasteiger partial charge is 0.419 e. The van der Waals surface area contributed by atoms with Crippen LogP contribution in [0.1, 0.15) is 26.3 Å². The molecule has 0 saturated heterocycles. The minimum absolute atomic E-state index is 0.0669. The maximum Gasteiger partial charge on any atom is 0.419 e.